The number of aliphatic imine (C=N–C) groups is 1. The number of ketones is 1. The third-order valence-corrected chi connectivity index (χ3v) is 4.28. The molecule has 130 valence electrons. The lowest BCUT2D eigenvalue weighted by Gasteiger charge is -2.28. The SMILES string of the molecule is COc1cc(Cl)c(CN=CC2=C(O)CC(C)(C)CC2=O)cc1OC. The summed E-state index contributed by atoms with van der Waals surface area (Å²) in [5.74, 6) is 1.11. The van der Waals surface area contributed by atoms with Crippen LogP contribution in [-0.4, -0.2) is 31.3 Å². The molecule has 5 nitrogen and oxygen atoms in total. The van der Waals surface area contributed by atoms with Gasteiger partial charge in [-0.15, -0.1) is 0 Å². The molecule has 6 heteroatoms. The van der Waals surface area contributed by atoms with E-state index in [0.717, 1.165) is 5.56 Å². The van der Waals surface area contributed by atoms with Crippen LogP contribution in [0.25, 0.3) is 0 Å². The molecule has 0 aromatic heterocycles. The number of aliphatic hydroxyl groups is 1. The molecule has 2 rings (SSSR count). The predicted octanol–water partition coefficient (Wildman–Crippen LogP) is 4.13. The number of hydrogen-bond acceptors (Lipinski definition) is 5. The van der Waals surface area contributed by atoms with Gasteiger partial charge in [-0.2, -0.15) is 0 Å². The highest BCUT2D eigenvalue weighted by atomic mass is 35.5. The topological polar surface area (TPSA) is 68.1 Å². The van der Waals surface area contributed by atoms with Gasteiger partial charge in [0.1, 0.15) is 5.76 Å². The van der Waals surface area contributed by atoms with Crippen molar-refractivity contribution in [2.75, 3.05) is 14.2 Å². The lowest BCUT2D eigenvalue weighted by atomic mass is 9.77. The van der Waals surface area contributed by atoms with Gasteiger partial charge in [0.25, 0.3) is 0 Å². The Morgan fingerprint density at radius 2 is 1.88 bits per heavy atom. The van der Waals surface area contributed by atoms with Crippen LogP contribution in [-0.2, 0) is 11.3 Å². The lowest BCUT2D eigenvalue weighted by Crippen LogP contribution is -2.26. The van der Waals surface area contributed by atoms with Crippen molar-refractivity contribution in [2.45, 2.75) is 33.2 Å². The molecule has 0 unspecified atom stereocenters. The Hall–Kier alpha value is -2.01. The normalized spacial score (nSPS) is 17.5. The van der Waals surface area contributed by atoms with Crippen LogP contribution in [0.2, 0.25) is 5.02 Å². The Morgan fingerprint density at radius 3 is 2.46 bits per heavy atom. The van der Waals surface area contributed by atoms with Crippen LogP contribution in [0, 0.1) is 5.41 Å². The Kier molecular flexibility index (Phi) is 5.54. The van der Waals surface area contributed by atoms with E-state index in [1.807, 2.05) is 13.8 Å². The molecule has 0 heterocycles. The highest BCUT2D eigenvalue weighted by molar-refractivity contribution is 6.31. The predicted molar refractivity (Wildman–Crippen MR) is 94.4 cm³/mol. The third-order valence-electron chi connectivity index (χ3n) is 3.93. The van der Waals surface area contributed by atoms with Crippen molar-refractivity contribution < 1.29 is 19.4 Å². The molecule has 24 heavy (non-hydrogen) atoms. The van der Waals surface area contributed by atoms with Crippen molar-refractivity contribution in [3.8, 4) is 11.5 Å². The van der Waals surface area contributed by atoms with Gasteiger partial charge in [0.15, 0.2) is 17.3 Å². The van der Waals surface area contributed by atoms with Gasteiger partial charge in [-0.3, -0.25) is 9.79 Å². The van der Waals surface area contributed by atoms with Gasteiger partial charge in [0.05, 0.1) is 26.3 Å². The van der Waals surface area contributed by atoms with Crippen LogP contribution in [0.4, 0.5) is 0 Å². The number of benzene rings is 1. The van der Waals surface area contributed by atoms with Crippen molar-refractivity contribution in [2.24, 2.45) is 10.4 Å². The number of methoxy groups -OCH3 is 2. The van der Waals surface area contributed by atoms with Crippen LogP contribution >= 0.6 is 11.6 Å². The fraction of sp³-hybridized carbons (Fsp3) is 0.444. The Morgan fingerprint density at radius 1 is 1.25 bits per heavy atom. The summed E-state index contributed by atoms with van der Waals surface area (Å²) in [6.45, 7) is 4.18. The number of halogens is 1. The summed E-state index contributed by atoms with van der Waals surface area (Å²) in [6, 6.07) is 3.41. The van der Waals surface area contributed by atoms with Crippen molar-refractivity contribution in [3.63, 3.8) is 0 Å². The highest BCUT2D eigenvalue weighted by Crippen LogP contribution is 2.35. The van der Waals surface area contributed by atoms with E-state index < -0.39 is 0 Å². The lowest BCUT2D eigenvalue weighted by molar-refractivity contribution is -0.117. The molecule has 0 saturated carbocycles. The van der Waals surface area contributed by atoms with E-state index in [9.17, 15) is 9.90 Å². The summed E-state index contributed by atoms with van der Waals surface area (Å²) < 4.78 is 10.4. The van der Waals surface area contributed by atoms with Crippen molar-refractivity contribution >= 4 is 23.6 Å². The molecular weight excluding hydrogens is 330 g/mol. The molecule has 0 bridgehead atoms. The summed E-state index contributed by atoms with van der Waals surface area (Å²) in [4.78, 5) is 16.4. The number of nitrogens with zero attached hydrogens (tertiary/aromatic N) is 1. The number of aliphatic hydroxyl groups excluding tert-OH is 1. The summed E-state index contributed by atoms with van der Waals surface area (Å²) >= 11 is 6.22. The summed E-state index contributed by atoms with van der Waals surface area (Å²) in [5.41, 5.74) is 0.811. The van der Waals surface area contributed by atoms with E-state index in [1.54, 1.807) is 19.2 Å². The Bertz CT molecular complexity index is 707. The van der Waals surface area contributed by atoms with Crippen molar-refractivity contribution in [1.82, 2.24) is 0 Å². The molecule has 1 aromatic rings. The second kappa shape index (κ2) is 7.26. The average molecular weight is 352 g/mol. The first kappa shape index (κ1) is 18.3. The third kappa shape index (κ3) is 4.09. The monoisotopic (exact) mass is 351 g/mol. The second-order valence-corrected chi connectivity index (χ2v) is 6.98. The number of carbonyl (C=O) groups is 1. The molecule has 1 N–H and O–H groups in total. The number of rotatable bonds is 5. The maximum atomic E-state index is 12.1. The van der Waals surface area contributed by atoms with Crippen LogP contribution in [0.3, 0.4) is 0 Å². The zero-order valence-corrected chi connectivity index (χ0v) is 15.1. The largest absolute Gasteiger partial charge is 0.511 e. The molecule has 0 radical (unpaired) electrons. The molecular formula is C18H22ClNO4. The number of ether oxygens (including phenoxy) is 2. The van der Waals surface area contributed by atoms with Crippen molar-refractivity contribution in [1.29, 1.82) is 0 Å². The first-order chi connectivity index (χ1) is 11.3. The van der Waals surface area contributed by atoms with Gasteiger partial charge in [-0.05, 0) is 17.0 Å². The van der Waals surface area contributed by atoms with Crippen LogP contribution in [0.15, 0.2) is 28.5 Å². The van der Waals surface area contributed by atoms with Gasteiger partial charge in [0, 0.05) is 30.1 Å². The highest BCUT2D eigenvalue weighted by Gasteiger charge is 2.32. The van der Waals surface area contributed by atoms with Gasteiger partial charge in [0.2, 0.25) is 0 Å². The smallest absolute Gasteiger partial charge is 0.168 e. The molecule has 0 fully saturated rings. The maximum Gasteiger partial charge on any atom is 0.168 e. The summed E-state index contributed by atoms with van der Waals surface area (Å²) in [6.07, 6.45) is 2.30. The van der Waals surface area contributed by atoms with Gasteiger partial charge in [-0.25, -0.2) is 0 Å². The van der Waals surface area contributed by atoms with Gasteiger partial charge in [-0.1, -0.05) is 25.4 Å². The van der Waals surface area contributed by atoms with E-state index >= 15 is 0 Å². The number of Topliss-reactive ketones (excluding diaryl/α,β-unsaturated/α-hetero) is 1. The minimum atomic E-state index is -0.217. The quantitative estimate of drug-likeness (QED) is 0.810. The van der Waals surface area contributed by atoms with E-state index in [1.165, 1.54) is 13.3 Å². The van der Waals surface area contributed by atoms with E-state index in [-0.39, 0.29) is 29.1 Å². The van der Waals surface area contributed by atoms with Gasteiger partial charge < -0.3 is 14.6 Å². The maximum absolute atomic E-state index is 12.1. The van der Waals surface area contributed by atoms with Crippen molar-refractivity contribution in [3.05, 3.63) is 34.1 Å². The molecule has 1 aliphatic rings. The minimum absolute atomic E-state index is 0.0918. The number of hydrogen-bond donors (Lipinski definition) is 1. The molecule has 0 aliphatic heterocycles. The fourth-order valence-electron chi connectivity index (χ4n) is 2.70. The Balaban J connectivity index is 2.19. The zero-order valence-electron chi connectivity index (χ0n) is 14.4. The fourth-order valence-corrected chi connectivity index (χ4v) is 2.91. The molecule has 1 aliphatic carbocycles. The van der Waals surface area contributed by atoms with Crippen LogP contribution < -0.4 is 9.47 Å². The molecule has 1 aromatic carbocycles. The standard InChI is InChI=1S/C18H22ClNO4/c1-18(2)7-14(21)12(15(22)8-18)10-20-9-11-5-16(23-3)17(24-4)6-13(11)19/h5-6,10,21H,7-9H2,1-4H3. The minimum Gasteiger partial charge on any atom is -0.511 e. The average Bonchev–Trinajstić information content (AvgIpc) is 2.49. The molecule has 0 saturated heterocycles. The van der Waals surface area contributed by atoms with E-state index in [4.69, 9.17) is 21.1 Å². The second-order valence-electron chi connectivity index (χ2n) is 6.57. The zero-order chi connectivity index (χ0) is 17.9. The molecule has 0 amide bonds. The van der Waals surface area contributed by atoms with Crippen LogP contribution in [0.1, 0.15) is 32.3 Å². The van der Waals surface area contributed by atoms with E-state index in [0.29, 0.717) is 29.4 Å². The van der Waals surface area contributed by atoms with E-state index in [2.05, 4.69) is 4.99 Å². The van der Waals surface area contributed by atoms with Gasteiger partial charge >= 0.3 is 0 Å². The number of carbonyl (C=O) groups excluding carboxylic acids is 1. The summed E-state index contributed by atoms with van der Waals surface area (Å²) in [7, 11) is 3.08. The first-order valence-electron chi connectivity index (χ1n) is 7.63. The van der Waals surface area contributed by atoms with Crippen LogP contribution in [0.5, 0.6) is 11.5 Å². The molecule has 0 atom stereocenters. The first-order valence-corrected chi connectivity index (χ1v) is 8.00. The Labute approximate surface area is 146 Å². The number of allylic oxidation sites excluding steroid dienone is 2. The summed E-state index contributed by atoms with van der Waals surface area (Å²) in [5, 5.41) is 10.6. The molecule has 0 spiro atoms.